The van der Waals surface area contributed by atoms with Crippen molar-refractivity contribution in [3.63, 3.8) is 0 Å². The molecule has 3 N–H and O–H groups in total. The zero-order valence-corrected chi connectivity index (χ0v) is 19.8. The molecule has 184 valence electrons. The number of likely N-dealkylation sites (tertiary alicyclic amines) is 1. The van der Waals surface area contributed by atoms with E-state index in [9.17, 15) is 9.59 Å². The van der Waals surface area contributed by atoms with Gasteiger partial charge in [0.25, 0.3) is 5.91 Å². The van der Waals surface area contributed by atoms with Crippen molar-refractivity contribution in [2.24, 2.45) is 11.8 Å². The van der Waals surface area contributed by atoms with Gasteiger partial charge in [0.1, 0.15) is 12.5 Å². The van der Waals surface area contributed by atoms with Crippen LogP contribution in [-0.2, 0) is 9.59 Å². The zero-order chi connectivity index (χ0) is 24.3. The summed E-state index contributed by atoms with van der Waals surface area (Å²) in [5, 5.41) is 6.85. The van der Waals surface area contributed by atoms with Crippen LogP contribution in [0.3, 0.4) is 0 Å². The Morgan fingerprint density at radius 2 is 1.76 bits per heavy atom. The van der Waals surface area contributed by atoms with Crippen molar-refractivity contribution in [2.75, 3.05) is 26.7 Å². The van der Waals surface area contributed by atoms with Gasteiger partial charge in [0.05, 0.1) is 5.92 Å². The first-order valence-electron chi connectivity index (χ1n) is 11.9. The van der Waals surface area contributed by atoms with Crippen LogP contribution in [0.4, 0.5) is 0 Å². The van der Waals surface area contributed by atoms with Crippen LogP contribution in [0.2, 0.25) is 0 Å². The van der Waals surface area contributed by atoms with Crippen molar-refractivity contribution in [1.29, 1.82) is 0 Å². The third kappa shape index (κ3) is 6.98. The topological polar surface area (TPSA) is 117 Å². The number of hydrazine groups is 1. The maximum Gasteiger partial charge on any atom is 0.290 e. The van der Waals surface area contributed by atoms with Crippen LogP contribution in [-0.4, -0.2) is 61.4 Å². The van der Waals surface area contributed by atoms with Crippen molar-refractivity contribution in [1.82, 2.24) is 26.2 Å². The van der Waals surface area contributed by atoms with Crippen molar-refractivity contribution < 1.29 is 18.9 Å². The van der Waals surface area contributed by atoms with E-state index in [1.165, 1.54) is 32.2 Å². The van der Waals surface area contributed by atoms with Gasteiger partial charge in [0.15, 0.2) is 0 Å². The second-order valence-electron chi connectivity index (χ2n) is 9.00. The predicted octanol–water partition coefficient (Wildman–Crippen LogP) is 2.41. The maximum atomic E-state index is 11.8. The molecule has 0 atom stereocenters. The highest BCUT2D eigenvalue weighted by atomic mass is 16.5. The Bertz CT molecular complexity index is 905. The number of rotatable bonds is 7. The molecule has 2 saturated carbocycles. The highest BCUT2D eigenvalue weighted by Gasteiger charge is 2.34. The Balaban J connectivity index is 0.000000183. The summed E-state index contributed by atoms with van der Waals surface area (Å²) in [7, 11) is 1.72. The van der Waals surface area contributed by atoms with E-state index in [-0.39, 0.29) is 23.5 Å². The molecular formula is C25H35N5O4. The molecule has 1 saturated heterocycles. The van der Waals surface area contributed by atoms with Crippen LogP contribution in [0.1, 0.15) is 49.1 Å². The van der Waals surface area contributed by atoms with Crippen molar-refractivity contribution in [3.05, 3.63) is 42.2 Å². The van der Waals surface area contributed by atoms with Gasteiger partial charge < -0.3 is 19.5 Å². The first kappa shape index (κ1) is 25.6. The molecule has 3 fully saturated rings. The zero-order valence-electron chi connectivity index (χ0n) is 19.8. The third-order valence-electron chi connectivity index (χ3n) is 6.56. The van der Waals surface area contributed by atoms with Gasteiger partial charge in [0, 0.05) is 44.4 Å². The summed E-state index contributed by atoms with van der Waals surface area (Å²) < 4.78 is 5.09. The smallest absolute Gasteiger partial charge is 0.290 e. The van der Waals surface area contributed by atoms with E-state index in [2.05, 4.69) is 26.2 Å². The molecule has 0 radical (unpaired) electrons. The van der Waals surface area contributed by atoms with Gasteiger partial charge in [-0.15, -0.1) is 0 Å². The Labute approximate surface area is 200 Å². The number of amides is 2. The lowest BCUT2D eigenvalue weighted by atomic mass is 9.83. The second-order valence-corrected chi connectivity index (χ2v) is 9.00. The number of carbonyl (C=O) groups is 3. The number of carbonyl (C=O) groups excluding carboxylic acids is 3. The molecule has 5 rings (SSSR count). The summed E-state index contributed by atoms with van der Waals surface area (Å²) in [5.41, 5.74) is 6.95. The van der Waals surface area contributed by atoms with Crippen LogP contribution in [0.15, 0.2) is 40.9 Å². The predicted molar refractivity (Wildman–Crippen MR) is 129 cm³/mol. The van der Waals surface area contributed by atoms with Gasteiger partial charge >= 0.3 is 0 Å². The molecule has 1 aliphatic heterocycles. The molecule has 2 aromatic rings. The SMILES string of the molecule is C=O.CNNC(=O)C1CN(CC2CCC2)C1.O=C(NC1CCC1)c1cc(-c2ccccc2)no1. The van der Waals surface area contributed by atoms with Crippen LogP contribution in [0.25, 0.3) is 11.3 Å². The first-order chi connectivity index (χ1) is 16.6. The highest BCUT2D eigenvalue weighted by molar-refractivity contribution is 5.92. The molecule has 1 aromatic carbocycles. The molecular weight excluding hydrogens is 434 g/mol. The largest absolute Gasteiger partial charge is 0.350 e. The first-order valence-corrected chi connectivity index (χ1v) is 11.9. The van der Waals surface area contributed by atoms with Gasteiger partial charge in [0.2, 0.25) is 11.7 Å². The highest BCUT2D eigenvalue weighted by Crippen LogP contribution is 2.29. The monoisotopic (exact) mass is 469 g/mol. The Hall–Kier alpha value is -3.04. The lowest BCUT2D eigenvalue weighted by Gasteiger charge is -2.42. The van der Waals surface area contributed by atoms with E-state index >= 15 is 0 Å². The van der Waals surface area contributed by atoms with Crippen LogP contribution in [0.5, 0.6) is 0 Å². The quantitative estimate of drug-likeness (QED) is 0.533. The molecule has 9 heteroatoms. The van der Waals surface area contributed by atoms with E-state index in [0.29, 0.717) is 11.7 Å². The Morgan fingerprint density at radius 3 is 2.32 bits per heavy atom. The van der Waals surface area contributed by atoms with E-state index in [1.54, 1.807) is 13.1 Å². The van der Waals surface area contributed by atoms with Crippen molar-refractivity contribution in [3.8, 4) is 11.3 Å². The van der Waals surface area contributed by atoms with E-state index in [0.717, 1.165) is 37.4 Å². The number of hydrogen-bond acceptors (Lipinski definition) is 7. The molecule has 0 unspecified atom stereocenters. The number of hydrogen-bond donors (Lipinski definition) is 3. The normalized spacial score (nSPS) is 18.0. The molecule has 0 spiro atoms. The van der Waals surface area contributed by atoms with Crippen LogP contribution < -0.4 is 16.2 Å². The fraction of sp³-hybridized carbons (Fsp3) is 0.520. The second kappa shape index (κ2) is 13.0. The molecule has 0 bridgehead atoms. The number of aromatic nitrogens is 1. The molecule has 9 nitrogen and oxygen atoms in total. The molecule has 2 heterocycles. The molecule has 3 aliphatic rings. The number of nitrogens with zero attached hydrogens (tertiary/aromatic N) is 2. The lowest BCUT2D eigenvalue weighted by molar-refractivity contribution is -0.131. The molecule has 1 aromatic heterocycles. The fourth-order valence-electron chi connectivity index (χ4n) is 4.09. The standard InChI is InChI=1S/C14H14N2O2.C10H19N3O.CH2O/c17-14(15-11-7-4-8-11)13-9-12(16-18-13)10-5-2-1-3-6-10;1-11-12-10(14)9-6-13(7-9)5-8-3-2-4-8;1-2/h1-3,5-6,9,11H,4,7-8H2,(H,15,17);8-9,11H,2-7H2,1H3,(H,12,14);1H2. The van der Waals surface area contributed by atoms with E-state index in [1.807, 2.05) is 37.1 Å². The van der Waals surface area contributed by atoms with E-state index in [4.69, 9.17) is 9.32 Å². The summed E-state index contributed by atoms with van der Waals surface area (Å²) in [6, 6.07) is 11.7. The maximum absolute atomic E-state index is 11.8. The van der Waals surface area contributed by atoms with Crippen molar-refractivity contribution >= 4 is 18.6 Å². The lowest BCUT2D eigenvalue weighted by Crippen LogP contribution is -2.56. The van der Waals surface area contributed by atoms with Gasteiger partial charge in [-0.1, -0.05) is 41.9 Å². The fourth-order valence-corrected chi connectivity index (χ4v) is 4.09. The number of nitrogens with one attached hydrogen (secondary N) is 3. The minimum Gasteiger partial charge on any atom is -0.350 e. The van der Waals surface area contributed by atoms with E-state index < -0.39 is 0 Å². The Morgan fingerprint density at radius 1 is 1.09 bits per heavy atom. The summed E-state index contributed by atoms with van der Waals surface area (Å²) in [6.45, 7) is 5.11. The van der Waals surface area contributed by atoms with Crippen molar-refractivity contribution in [2.45, 2.75) is 44.6 Å². The average Bonchev–Trinajstić information content (AvgIpc) is 3.27. The minimum absolute atomic E-state index is 0.136. The summed E-state index contributed by atoms with van der Waals surface area (Å²) in [6.07, 6.45) is 7.50. The van der Waals surface area contributed by atoms with Crippen LogP contribution >= 0.6 is 0 Å². The summed E-state index contributed by atoms with van der Waals surface area (Å²) >= 11 is 0. The van der Waals surface area contributed by atoms with Gasteiger partial charge in [-0.25, -0.2) is 5.43 Å². The molecule has 34 heavy (non-hydrogen) atoms. The Kier molecular flexibility index (Phi) is 9.78. The summed E-state index contributed by atoms with van der Waals surface area (Å²) in [4.78, 5) is 33.6. The van der Waals surface area contributed by atoms with Gasteiger partial charge in [-0.3, -0.25) is 15.0 Å². The average molecular weight is 470 g/mol. The van der Waals surface area contributed by atoms with Gasteiger partial charge in [-0.05, 0) is 38.0 Å². The molecule has 2 amide bonds. The number of benzene rings is 1. The summed E-state index contributed by atoms with van der Waals surface area (Å²) in [5.74, 6) is 1.37. The minimum atomic E-state index is -0.172. The van der Waals surface area contributed by atoms with Gasteiger partial charge in [-0.2, -0.15) is 0 Å². The third-order valence-corrected chi connectivity index (χ3v) is 6.56. The molecule has 2 aliphatic carbocycles. The van der Waals surface area contributed by atoms with Crippen LogP contribution in [0, 0.1) is 11.8 Å².